The maximum Gasteiger partial charge on any atom is 0.226 e. The van der Waals surface area contributed by atoms with Gasteiger partial charge in [-0.3, -0.25) is 9.59 Å². The van der Waals surface area contributed by atoms with E-state index in [-0.39, 0.29) is 30.4 Å². The number of carbonyl (C=O) groups excluding carboxylic acids is 2. The number of pyridine rings is 1. The molecular weight excluding hydrogens is 407 g/mol. The van der Waals surface area contributed by atoms with Crippen LogP contribution in [0.3, 0.4) is 0 Å². The Morgan fingerprint density at radius 2 is 1.78 bits per heavy atom. The van der Waals surface area contributed by atoms with E-state index in [1.807, 2.05) is 44.2 Å². The first-order valence-corrected chi connectivity index (χ1v) is 10.5. The third-order valence-electron chi connectivity index (χ3n) is 5.52. The quantitative estimate of drug-likeness (QED) is 0.352. The van der Waals surface area contributed by atoms with Crippen LogP contribution in [0.5, 0.6) is 5.88 Å². The SMILES string of the molecule is CCC(=O)N(C)c1ccc(-c2ccc(C(=O)CCc3ccc(OC)nc3F)cc2)c(C)c1. The molecule has 3 rings (SSSR count). The number of hydrogen-bond donors (Lipinski definition) is 0. The molecule has 32 heavy (non-hydrogen) atoms. The second kappa shape index (κ2) is 10.2. The molecule has 5 nitrogen and oxygen atoms in total. The molecule has 1 heterocycles. The summed E-state index contributed by atoms with van der Waals surface area (Å²) in [7, 11) is 3.20. The van der Waals surface area contributed by atoms with Crippen LogP contribution >= 0.6 is 0 Å². The fourth-order valence-electron chi connectivity index (χ4n) is 3.54. The van der Waals surface area contributed by atoms with E-state index in [1.54, 1.807) is 36.2 Å². The van der Waals surface area contributed by atoms with Gasteiger partial charge in [0, 0.05) is 42.8 Å². The Hall–Kier alpha value is -3.54. The molecule has 1 aromatic heterocycles. The molecule has 6 heteroatoms. The van der Waals surface area contributed by atoms with Crippen LogP contribution in [0, 0.1) is 12.9 Å². The zero-order chi connectivity index (χ0) is 23.3. The summed E-state index contributed by atoms with van der Waals surface area (Å²) in [6, 6.07) is 16.5. The van der Waals surface area contributed by atoms with E-state index in [4.69, 9.17) is 4.74 Å². The summed E-state index contributed by atoms with van der Waals surface area (Å²) < 4.78 is 18.9. The van der Waals surface area contributed by atoms with Crippen LogP contribution in [0.2, 0.25) is 0 Å². The minimum absolute atomic E-state index is 0.0569. The highest BCUT2D eigenvalue weighted by molar-refractivity contribution is 5.97. The number of rotatable bonds is 8. The average molecular weight is 435 g/mol. The van der Waals surface area contributed by atoms with Crippen LogP contribution in [0.25, 0.3) is 11.1 Å². The van der Waals surface area contributed by atoms with Crippen molar-refractivity contribution in [1.29, 1.82) is 0 Å². The molecular formula is C26H27FN2O3. The van der Waals surface area contributed by atoms with E-state index >= 15 is 0 Å². The second-order valence-corrected chi connectivity index (χ2v) is 7.61. The van der Waals surface area contributed by atoms with E-state index in [2.05, 4.69) is 4.98 Å². The van der Waals surface area contributed by atoms with Gasteiger partial charge in [0.15, 0.2) is 5.78 Å². The van der Waals surface area contributed by atoms with E-state index in [0.29, 0.717) is 17.5 Å². The highest BCUT2D eigenvalue weighted by Crippen LogP contribution is 2.28. The van der Waals surface area contributed by atoms with Crippen molar-refractivity contribution in [3.05, 3.63) is 77.2 Å². The number of amides is 1. The van der Waals surface area contributed by atoms with Crippen molar-refractivity contribution < 1.29 is 18.7 Å². The molecule has 0 fully saturated rings. The van der Waals surface area contributed by atoms with Gasteiger partial charge in [-0.05, 0) is 48.2 Å². The van der Waals surface area contributed by atoms with E-state index in [9.17, 15) is 14.0 Å². The lowest BCUT2D eigenvalue weighted by Crippen LogP contribution is -2.25. The molecule has 2 aromatic carbocycles. The van der Waals surface area contributed by atoms with Crippen molar-refractivity contribution in [2.75, 3.05) is 19.1 Å². The number of benzene rings is 2. The number of Topliss-reactive ketones (excluding diaryl/α,β-unsaturated/α-hetero) is 1. The number of aromatic nitrogens is 1. The maximum atomic E-state index is 14.0. The summed E-state index contributed by atoms with van der Waals surface area (Å²) in [6.45, 7) is 3.84. The van der Waals surface area contributed by atoms with Gasteiger partial charge < -0.3 is 9.64 Å². The van der Waals surface area contributed by atoms with Crippen LogP contribution in [-0.2, 0) is 11.2 Å². The minimum Gasteiger partial charge on any atom is -0.481 e. The first kappa shape index (κ1) is 23.1. The van der Waals surface area contributed by atoms with E-state index < -0.39 is 5.95 Å². The number of hydrogen-bond acceptors (Lipinski definition) is 4. The van der Waals surface area contributed by atoms with Gasteiger partial charge in [-0.25, -0.2) is 0 Å². The Bertz CT molecular complexity index is 1130. The van der Waals surface area contributed by atoms with Crippen LogP contribution in [0.1, 0.15) is 41.3 Å². The third kappa shape index (κ3) is 5.19. The van der Waals surface area contributed by atoms with Crippen LogP contribution in [0.15, 0.2) is 54.6 Å². The number of aryl methyl sites for hydroxylation is 2. The van der Waals surface area contributed by atoms with Crippen molar-refractivity contribution in [2.45, 2.75) is 33.1 Å². The monoisotopic (exact) mass is 434 g/mol. The second-order valence-electron chi connectivity index (χ2n) is 7.61. The van der Waals surface area contributed by atoms with Crippen molar-refractivity contribution in [3.8, 4) is 17.0 Å². The maximum absolute atomic E-state index is 14.0. The number of methoxy groups -OCH3 is 1. The molecule has 166 valence electrons. The summed E-state index contributed by atoms with van der Waals surface area (Å²) in [6.07, 6.45) is 0.915. The smallest absolute Gasteiger partial charge is 0.226 e. The fraction of sp³-hybridized carbons (Fsp3) is 0.269. The first-order valence-electron chi connectivity index (χ1n) is 10.5. The zero-order valence-electron chi connectivity index (χ0n) is 18.8. The number of halogens is 1. The Kier molecular flexibility index (Phi) is 7.36. The van der Waals surface area contributed by atoms with Gasteiger partial charge in [-0.2, -0.15) is 9.37 Å². The topological polar surface area (TPSA) is 59.5 Å². The fourth-order valence-corrected chi connectivity index (χ4v) is 3.54. The van der Waals surface area contributed by atoms with Gasteiger partial charge >= 0.3 is 0 Å². The molecule has 0 N–H and O–H groups in total. The summed E-state index contributed by atoms with van der Waals surface area (Å²) in [4.78, 5) is 29.9. The van der Waals surface area contributed by atoms with Gasteiger partial charge in [0.2, 0.25) is 17.7 Å². The highest BCUT2D eigenvalue weighted by Gasteiger charge is 2.13. The molecule has 1 amide bonds. The molecule has 0 aliphatic rings. The molecule has 0 atom stereocenters. The van der Waals surface area contributed by atoms with Gasteiger partial charge in [-0.1, -0.05) is 37.3 Å². The lowest BCUT2D eigenvalue weighted by molar-refractivity contribution is -0.118. The van der Waals surface area contributed by atoms with E-state index in [0.717, 1.165) is 22.4 Å². The number of ether oxygens (including phenoxy) is 1. The predicted octanol–water partition coefficient (Wildman–Crippen LogP) is 5.39. The molecule has 0 saturated heterocycles. The average Bonchev–Trinajstić information content (AvgIpc) is 2.82. The lowest BCUT2D eigenvalue weighted by atomic mass is 9.97. The van der Waals surface area contributed by atoms with E-state index in [1.165, 1.54) is 7.11 Å². The molecule has 0 unspecified atom stereocenters. The number of ketones is 1. The summed E-state index contributed by atoms with van der Waals surface area (Å²) in [5.74, 6) is -0.401. The van der Waals surface area contributed by atoms with Crippen molar-refractivity contribution in [1.82, 2.24) is 4.98 Å². The number of carbonyl (C=O) groups is 2. The summed E-state index contributed by atoms with van der Waals surface area (Å²) in [5.41, 5.74) is 4.89. The zero-order valence-corrected chi connectivity index (χ0v) is 18.8. The third-order valence-corrected chi connectivity index (χ3v) is 5.52. The van der Waals surface area contributed by atoms with Gasteiger partial charge in [0.1, 0.15) is 0 Å². The van der Waals surface area contributed by atoms with Gasteiger partial charge in [0.05, 0.1) is 7.11 Å². The van der Waals surface area contributed by atoms with Crippen molar-refractivity contribution >= 4 is 17.4 Å². The van der Waals surface area contributed by atoms with Crippen molar-refractivity contribution in [3.63, 3.8) is 0 Å². The molecule has 0 bridgehead atoms. The Labute approximate surface area is 187 Å². The predicted molar refractivity (Wildman–Crippen MR) is 124 cm³/mol. The Balaban J connectivity index is 1.69. The van der Waals surface area contributed by atoms with Crippen LogP contribution in [-0.4, -0.2) is 30.8 Å². The molecule has 0 radical (unpaired) electrons. The Morgan fingerprint density at radius 1 is 1.06 bits per heavy atom. The largest absolute Gasteiger partial charge is 0.481 e. The molecule has 0 spiro atoms. The molecule has 3 aromatic rings. The minimum atomic E-state index is -0.613. The lowest BCUT2D eigenvalue weighted by Gasteiger charge is -2.18. The summed E-state index contributed by atoms with van der Waals surface area (Å²) >= 11 is 0. The van der Waals surface area contributed by atoms with Crippen LogP contribution < -0.4 is 9.64 Å². The number of nitrogens with zero attached hydrogens (tertiary/aromatic N) is 2. The van der Waals surface area contributed by atoms with Crippen LogP contribution in [0.4, 0.5) is 10.1 Å². The number of anilines is 1. The molecule has 0 aliphatic heterocycles. The first-order chi connectivity index (χ1) is 15.3. The van der Waals surface area contributed by atoms with Crippen molar-refractivity contribution in [2.24, 2.45) is 0 Å². The summed E-state index contributed by atoms with van der Waals surface area (Å²) in [5, 5.41) is 0. The Morgan fingerprint density at radius 3 is 2.38 bits per heavy atom. The molecule has 0 aliphatic carbocycles. The van der Waals surface area contributed by atoms with Gasteiger partial charge in [-0.15, -0.1) is 0 Å². The molecule has 0 saturated carbocycles. The normalized spacial score (nSPS) is 10.7. The highest BCUT2D eigenvalue weighted by atomic mass is 19.1. The standard InChI is InChI=1S/C26H27FN2O3/c1-5-25(31)29(3)21-12-13-22(17(2)16-21)18-6-8-19(9-7-18)23(30)14-10-20-11-15-24(32-4)28-26(20)27/h6-9,11-13,15-16H,5,10,14H2,1-4H3. The van der Waals surface area contributed by atoms with Gasteiger partial charge in [0.25, 0.3) is 0 Å².